The fraction of sp³-hybridized carbons (Fsp3) is 0.625. The molecule has 0 aromatic heterocycles. The number of hydrogen-bond donors (Lipinski definition) is 1. The summed E-state index contributed by atoms with van der Waals surface area (Å²) in [6.07, 6.45) is 5.27. The molecule has 0 saturated carbocycles. The summed E-state index contributed by atoms with van der Waals surface area (Å²) in [6.45, 7) is 4.23. The van der Waals surface area contributed by atoms with Crippen LogP contribution >= 0.6 is 0 Å². The molecule has 1 N–H and O–H groups in total. The molecule has 2 heteroatoms. The minimum atomic E-state index is 0.351. The summed E-state index contributed by atoms with van der Waals surface area (Å²) in [5, 5.41) is 3.35. The van der Waals surface area contributed by atoms with E-state index in [0.29, 0.717) is 11.5 Å². The second-order valence-corrected chi connectivity index (χ2v) is 5.49. The van der Waals surface area contributed by atoms with Gasteiger partial charge in [0.05, 0.1) is 6.10 Å². The van der Waals surface area contributed by atoms with E-state index in [2.05, 4.69) is 42.6 Å². The monoisotopic (exact) mass is 247 g/mol. The Morgan fingerprint density at radius 3 is 2.72 bits per heavy atom. The molecule has 18 heavy (non-hydrogen) atoms. The van der Waals surface area contributed by atoms with Gasteiger partial charge in [0.25, 0.3) is 0 Å². The van der Waals surface area contributed by atoms with Crippen molar-refractivity contribution in [3.63, 3.8) is 0 Å². The van der Waals surface area contributed by atoms with Gasteiger partial charge in [0.1, 0.15) is 0 Å². The third kappa shape index (κ3) is 3.12. The highest BCUT2D eigenvalue weighted by Gasteiger charge is 2.40. The summed E-state index contributed by atoms with van der Waals surface area (Å²) < 4.78 is 5.78. The van der Waals surface area contributed by atoms with Crippen LogP contribution in [0.3, 0.4) is 0 Å². The fourth-order valence-corrected chi connectivity index (χ4v) is 3.11. The minimum absolute atomic E-state index is 0.351. The Bertz CT molecular complexity index is 351. The SMILES string of the molecule is CNCC1(CCCc2ccccc2)CCOC1C. The average Bonchev–Trinajstić information content (AvgIpc) is 2.73. The van der Waals surface area contributed by atoms with Crippen molar-refractivity contribution in [1.29, 1.82) is 0 Å². The van der Waals surface area contributed by atoms with Crippen molar-refractivity contribution in [1.82, 2.24) is 5.32 Å². The summed E-state index contributed by atoms with van der Waals surface area (Å²) in [5.74, 6) is 0. The van der Waals surface area contributed by atoms with E-state index in [1.165, 1.54) is 31.2 Å². The lowest BCUT2D eigenvalue weighted by molar-refractivity contribution is 0.0584. The summed E-state index contributed by atoms with van der Waals surface area (Å²) in [6, 6.07) is 10.8. The van der Waals surface area contributed by atoms with Crippen LogP contribution in [0.5, 0.6) is 0 Å². The quantitative estimate of drug-likeness (QED) is 0.834. The molecule has 2 atom stereocenters. The van der Waals surface area contributed by atoms with Gasteiger partial charge in [0.2, 0.25) is 0 Å². The van der Waals surface area contributed by atoms with Crippen LogP contribution in [0.25, 0.3) is 0 Å². The van der Waals surface area contributed by atoms with Crippen molar-refractivity contribution < 1.29 is 4.74 Å². The van der Waals surface area contributed by atoms with Gasteiger partial charge in [-0.25, -0.2) is 0 Å². The first-order valence-corrected chi connectivity index (χ1v) is 7.07. The predicted molar refractivity (Wildman–Crippen MR) is 75.8 cm³/mol. The van der Waals surface area contributed by atoms with Gasteiger partial charge >= 0.3 is 0 Å². The first-order chi connectivity index (χ1) is 8.77. The number of nitrogens with one attached hydrogen (secondary N) is 1. The molecule has 0 bridgehead atoms. The van der Waals surface area contributed by atoms with E-state index >= 15 is 0 Å². The number of aryl methyl sites for hydroxylation is 1. The van der Waals surface area contributed by atoms with Gasteiger partial charge in [-0.1, -0.05) is 30.3 Å². The maximum absolute atomic E-state index is 5.78. The van der Waals surface area contributed by atoms with Gasteiger partial charge < -0.3 is 10.1 Å². The van der Waals surface area contributed by atoms with Crippen LogP contribution in [0.15, 0.2) is 30.3 Å². The number of hydrogen-bond acceptors (Lipinski definition) is 2. The highest BCUT2D eigenvalue weighted by Crippen LogP contribution is 2.39. The Morgan fingerprint density at radius 2 is 2.11 bits per heavy atom. The van der Waals surface area contributed by atoms with Crippen LogP contribution in [0, 0.1) is 5.41 Å². The molecule has 0 spiro atoms. The lowest BCUT2D eigenvalue weighted by atomic mass is 9.77. The second kappa shape index (κ2) is 6.35. The zero-order chi connectivity index (χ0) is 12.8. The van der Waals surface area contributed by atoms with Crippen LogP contribution in [0.4, 0.5) is 0 Å². The Hall–Kier alpha value is -0.860. The van der Waals surface area contributed by atoms with E-state index in [0.717, 1.165) is 13.2 Å². The molecule has 1 heterocycles. The normalized spacial score (nSPS) is 27.6. The molecule has 0 amide bonds. The molecule has 1 aromatic carbocycles. The van der Waals surface area contributed by atoms with Gasteiger partial charge in [-0.2, -0.15) is 0 Å². The van der Waals surface area contributed by atoms with Crippen molar-refractivity contribution in [2.24, 2.45) is 5.41 Å². The molecule has 0 aliphatic carbocycles. The summed E-state index contributed by atoms with van der Waals surface area (Å²) in [4.78, 5) is 0. The summed E-state index contributed by atoms with van der Waals surface area (Å²) in [5.41, 5.74) is 1.80. The molecule has 1 saturated heterocycles. The lowest BCUT2D eigenvalue weighted by Crippen LogP contribution is -2.38. The number of benzene rings is 1. The highest BCUT2D eigenvalue weighted by molar-refractivity contribution is 5.14. The van der Waals surface area contributed by atoms with Crippen molar-refractivity contribution in [2.75, 3.05) is 20.2 Å². The van der Waals surface area contributed by atoms with Crippen LogP contribution in [-0.4, -0.2) is 26.3 Å². The van der Waals surface area contributed by atoms with E-state index in [1.54, 1.807) is 0 Å². The minimum Gasteiger partial charge on any atom is -0.378 e. The first kappa shape index (κ1) is 13.6. The maximum atomic E-state index is 5.78. The topological polar surface area (TPSA) is 21.3 Å². The average molecular weight is 247 g/mol. The zero-order valence-corrected chi connectivity index (χ0v) is 11.6. The van der Waals surface area contributed by atoms with Crippen LogP contribution in [0.2, 0.25) is 0 Å². The van der Waals surface area contributed by atoms with E-state index in [4.69, 9.17) is 4.74 Å². The molecular weight excluding hydrogens is 222 g/mol. The molecule has 1 aromatic rings. The van der Waals surface area contributed by atoms with Crippen molar-refractivity contribution >= 4 is 0 Å². The summed E-state index contributed by atoms with van der Waals surface area (Å²) in [7, 11) is 2.05. The number of rotatable bonds is 6. The lowest BCUT2D eigenvalue weighted by Gasteiger charge is -2.32. The molecule has 0 radical (unpaired) electrons. The van der Waals surface area contributed by atoms with Gasteiger partial charge in [-0.05, 0) is 45.2 Å². The predicted octanol–water partition coefficient (Wildman–Crippen LogP) is 3.02. The van der Waals surface area contributed by atoms with Crippen LogP contribution < -0.4 is 5.32 Å². The Labute approximate surface area is 111 Å². The first-order valence-electron chi connectivity index (χ1n) is 7.07. The van der Waals surface area contributed by atoms with Gasteiger partial charge in [0.15, 0.2) is 0 Å². The molecule has 2 rings (SSSR count). The third-order valence-electron chi connectivity index (χ3n) is 4.34. The molecule has 100 valence electrons. The maximum Gasteiger partial charge on any atom is 0.0616 e. The highest BCUT2D eigenvalue weighted by atomic mass is 16.5. The molecule has 2 nitrogen and oxygen atoms in total. The second-order valence-electron chi connectivity index (χ2n) is 5.49. The van der Waals surface area contributed by atoms with E-state index in [-0.39, 0.29) is 0 Å². The number of ether oxygens (including phenoxy) is 1. The van der Waals surface area contributed by atoms with E-state index < -0.39 is 0 Å². The van der Waals surface area contributed by atoms with E-state index in [1.807, 2.05) is 7.05 Å². The van der Waals surface area contributed by atoms with Crippen molar-refractivity contribution in [3.05, 3.63) is 35.9 Å². The molecule has 1 aliphatic rings. The Morgan fingerprint density at radius 1 is 1.33 bits per heavy atom. The van der Waals surface area contributed by atoms with Gasteiger partial charge in [0, 0.05) is 18.6 Å². The van der Waals surface area contributed by atoms with Crippen LogP contribution in [-0.2, 0) is 11.2 Å². The van der Waals surface area contributed by atoms with Gasteiger partial charge in [-0.3, -0.25) is 0 Å². The third-order valence-corrected chi connectivity index (χ3v) is 4.34. The van der Waals surface area contributed by atoms with Gasteiger partial charge in [-0.15, -0.1) is 0 Å². The molecule has 1 aliphatic heterocycles. The molecular formula is C16H25NO. The molecule has 2 unspecified atom stereocenters. The van der Waals surface area contributed by atoms with Crippen molar-refractivity contribution in [3.8, 4) is 0 Å². The largest absolute Gasteiger partial charge is 0.378 e. The Balaban J connectivity index is 1.87. The van der Waals surface area contributed by atoms with E-state index in [9.17, 15) is 0 Å². The molecule has 1 fully saturated rings. The zero-order valence-electron chi connectivity index (χ0n) is 11.6. The fourth-order valence-electron chi connectivity index (χ4n) is 3.11. The van der Waals surface area contributed by atoms with Crippen molar-refractivity contribution in [2.45, 2.75) is 38.7 Å². The van der Waals surface area contributed by atoms with Crippen LogP contribution in [0.1, 0.15) is 31.7 Å². The smallest absolute Gasteiger partial charge is 0.0616 e. The Kier molecular flexibility index (Phi) is 4.79. The standard InChI is InChI=1S/C16H25NO/c1-14-16(13-17-2,11-12-18-14)10-6-9-15-7-4-3-5-8-15/h3-5,7-8,14,17H,6,9-13H2,1-2H3. The summed E-state index contributed by atoms with van der Waals surface area (Å²) >= 11 is 0.